The Balaban J connectivity index is 1.53. The lowest BCUT2D eigenvalue weighted by Gasteiger charge is -2.17. The first-order valence-electron chi connectivity index (χ1n) is 13.9. The number of benzene rings is 4. The van der Waals surface area contributed by atoms with Gasteiger partial charge in [-0.05, 0) is 79.6 Å². The molecular formula is C35H30BrF2N3O3. The molecule has 0 saturated heterocycles. The molecule has 0 bridgehead atoms. The van der Waals surface area contributed by atoms with Crippen LogP contribution >= 0.6 is 15.9 Å². The number of carbonyl (C=O) groups excluding carboxylic acids is 2. The molecule has 0 aliphatic carbocycles. The second kappa shape index (κ2) is 13.3. The molecule has 5 aromatic rings. The van der Waals surface area contributed by atoms with Crippen LogP contribution in [0.25, 0.3) is 22.4 Å². The number of anilines is 1. The monoisotopic (exact) mass is 657 g/mol. The summed E-state index contributed by atoms with van der Waals surface area (Å²) in [5.41, 5.74) is 5.68. The molecule has 0 aliphatic heterocycles. The Morgan fingerprint density at radius 3 is 2.43 bits per heavy atom. The maximum atomic E-state index is 14.3. The van der Waals surface area contributed by atoms with Crippen molar-refractivity contribution in [2.75, 3.05) is 5.32 Å². The molecule has 0 saturated carbocycles. The average Bonchev–Trinajstić information content (AvgIpc) is 3.38. The Morgan fingerprint density at radius 1 is 0.932 bits per heavy atom. The van der Waals surface area contributed by atoms with Gasteiger partial charge in [-0.3, -0.25) is 9.59 Å². The van der Waals surface area contributed by atoms with E-state index in [0.717, 1.165) is 27.4 Å². The second-order valence-electron chi connectivity index (χ2n) is 10.5. The van der Waals surface area contributed by atoms with Crippen LogP contribution in [0.15, 0.2) is 95.5 Å². The van der Waals surface area contributed by atoms with Gasteiger partial charge in [0, 0.05) is 51.1 Å². The van der Waals surface area contributed by atoms with E-state index in [-0.39, 0.29) is 30.0 Å². The van der Waals surface area contributed by atoms with Crippen LogP contribution in [0.5, 0.6) is 5.75 Å². The SMILES string of the molecule is CC(=O)Nc1cc(C(=O)N[C@@H](C)c2ccccc2)cc(-c2cc(C)[nH]c2-c2cc(Br)ccc2OCc2ccc(F)cc2F)c1. The van der Waals surface area contributed by atoms with Crippen LogP contribution in [0, 0.1) is 18.6 Å². The van der Waals surface area contributed by atoms with Gasteiger partial charge in [0.05, 0.1) is 11.7 Å². The van der Waals surface area contributed by atoms with Crippen molar-refractivity contribution in [2.24, 2.45) is 0 Å². The number of H-pyrrole nitrogens is 1. The summed E-state index contributed by atoms with van der Waals surface area (Å²) in [6.45, 7) is 5.11. The largest absolute Gasteiger partial charge is 0.488 e. The standard InChI is InChI=1S/C35H30BrF2N3O3/c1-20-13-30(34(39-20)31-17-27(36)10-12-33(31)44-19-24-9-11-28(37)18-32(24)38)25-14-26(16-29(15-25)41-22(3)42)35(43)40-21(2)23-7-5-4-6-8-23/h4-18,21,39H,19H2,1-3H3,(H,40,43)(H,41,42)/t21-/m0/s1. The number of ether oxygens (including phenoxy) is 1. The number of amides is 2. The number of nitrogens with one attached hydrogen (secondary N) is 3. The molecule has 224 valence electrons. The third-order valence-corrected chi connectivity index (χ3v) is 7.53. The molecule has 0 aliphatic rings. The van der Waals surface area contributed by atoms with Crippen molar-refractivity contribution >= 4 is 33.4 Å². The highest BCUT2D eigenvalue weighted by atomic mass is 79.9. The van der Waals surface area contributed by atoms with Crippen molar-refractivity contribution in [2.45, 2.75) is 33.4 Å². The highest BCUT2D eigenvalue weighted by Crippen LogP contribution is 2.40. The van der Waals surface area contributed by atoms with Crippen molar-refractivity contribution in [3.8, 4) is 28.1 Å². The highest BCUT2D eigenvalue weighted by Gasteiger charge is 2.20. The number of hydrogen-bond donors (Lipinski definition) is 3. The van der Waals surface area contributed by atoms with Gasteiger partial charge in [-0.1, -0.05) is 46.3 Å². The van der Waals surface area contributed by atoms with Crippen molar-refractivity contribution in [1.82, 2.24) is 10.3 Å². The summed E-state index contributed by atoms with van der Waals surface area (Å²) < 4.78 is 34.6. The van der Waals surface area contributed by atoms with E-state index in [9.17, 15) is 18.4 Å². The van der Waals surface area contributed by atoms with Crippen LogP contribution in [0.1, 0.15) is 47.1 Å². The summed E-state index contributed by atoms with van der Waals surface area (Å²) in [6, 6.07) is 25.4. The van der Waals surface area contributed by atoms with Gasteiger partial charge in [0.1, 0.15) is 24.0 Å². The summed E-state index contributed by atoms with van der Waals surface area (Å²) in [6.07, 6.45) is 0. The number of aromatic amines is 1. The molecule has 1 atom stereocenters. The third kappa shape index (κ3) is 7.23. The van der Waals surface area contributed by atoms with Gasteiger partial charge in [-0.15, -0.1) is 0 Å². The summed E-state index contributed by atoms with van der Waals surface area (Å²) in [7, 11) is 0. The Labute approximate surface area is 262 Å². The molecule has 44 heavy (non-hydrogen) atoms. The first kappa shape index (κ1) is 30.7. The van der Waals surface area contributed by atoms with E-state index in [0.29, 0.717) is 33.8 Å². The molecule has 3 N–H and O–H groups in total. The van der Waals surface area contributed by atoms with Gasteiger partial charge in [0.2, 0.25) is 5.91 Å². The maximum Gasteiger partial charge on any atom is 0.251 e. The number of aromatic nitrogens is 1. The van der Waals surface area contributed by atoms with Gasteiger partial charge >= 0.3 is 0 Å². The number of hydrogen-bond acceptors (Lipinski definition) is 3. The first-order valence-corrected chi connectivity index (χ1v) is 14.7. The lowest BCUT2D eigenvalue weighted by atomic mass is 9.97. The van der Waals surface area contributed by atoms with Crippen LogP contribution in [0.4, 0.5) is 14.5 Å². The third-order valence-electron chi connectivity index (χ3n) is 7.04. The summed E-state index contributed by atoms with van der Waals surface area (Å²) in [5.74, 6) is -1.45. The Bertz CT molecular complexity index is 1840. The minimum Gasteiger partial charge on any atom is -0.488 e. The molecule has 5 rings (SSSR count). The summed E-state index contributed by atoms with van der Waals surface area (Å²) in [5, 5.41) is 5.85. The topological polar surface area (TPSA) is 83.2 Å². The molecule has 0 unspecified atom stereocenters. The quantitative estimate of drug-likeness (QED) is 0.148. The van der Waals surface area contributed by atoms with Crippen molar-refractivity contribution in [3.05, 3.63) is 129 Å². The smallest absolute Gasteiger partial charge is 0.251 e. The lowest BCUT2D eigenvalue weighted by molar-refractivity contribution is -0.114. The zero-order valence-corrected chi connectivity index (χ0v) is 25.9. The van der Waals surface area contributed by atoms with E-state index in [1.165, 1.54) is 19.1 Å². The van der Waals surface area contributed by atoms with Crippen LogP contribution in [0.3, 0.4) is 0 Å². The molecule has 1 heterocycles. The summed E-state index contributed by atoms with van der Waals surface area (Å²) in [4.78, 5) is 28.9. The number of aryl methyl sites for hydroxylation is 1. The Morgan fingerprint density at radius 2 is 1.70 bits per heavy atom. The minimum absolute atomic E-state index is 0.113. The fourth-order valence-electron chi connectivity index (χ4n) is 4.94. The number of rotatable bonds is 9. The Hall–Kier alpha value is -4.76. The fraction of sp³-hybridized carbons (Fsp3) is 0.143. The van der Waals surface area contributed by atoms with Gasteiger partial charge in [-0.2, -0.15) is 0 Å². The average molecular weight is 659 g/mol. The highest BCUT2D eigenvalue weighted by molar-refractivity contribution is 9.10. The molecule has 4 aromatic carbocycles. The predicted molar refractivity (Wildman–Crippen MR) is 171 cm³/mol. The van der Waals surface area contributed by atoms with Gasteiger partial charge in [0.15, 0.2) is 0 Å². The fourth-order valence-corrected chi connectivity index (χ4v) is 5.30. The van der Waals surface area contributed by atoms with Crippen LogP contribution in [-0.2, 0) is 11.4 Å². The summed E-state index contributed by atoms with van der Waals surface area (Å²) >= 11 is 3.54. The molecule has 0 fully saturated rings. The maximum absolute atomic E-state index is 14.3. The van der Waals surface area contributed by atoms with Crippen molar-refractivity contribution in [1.29, 1.82) is 0 Å². The first-order chi connectivity index (χ1) is 21.1. The zero-order valence-electron chi connectivity index (χ0n) is 24.3. The van der Waals surface area contributed by atoms with E-state index < -0.39 is 11.6 Å². The Kier molecular flexibility index (Phi) is 9.25. The second-order valence-corrected chi connectivity index (χ2v) is 11.4. The van der Waals surface area contributed by atoms with Crippen LogP contribution in [-0.4, -0.2) is 16.8 Å². The number of carbonyl (C=O) groups is 2. The molecule has 1 aromatic heterocycles. The molecule has 0 spiro atoms. The minimum atomic E-state index is -0.692. The molecular weight excluding hydrogens is 628 g/mol. The zero-order chi connectivity index (χ0) is 31.4. The van der Waals surface area contributed by atoms with Crippen LogP contribution < -0.4 is 15.4 Å². The van der Waals surface area contributed by atoms with E-state index in [4.69, 9.17) is 4.74 Å². The molecule has 6 nitrogen and oxygen atoms in total. The lowest BCUT2D eigenvalue weighted by Crippen LogP contribution is -2.26. The van der Waals surface area contributed by atoms with Gasteiger partial charge in [0.25, 0.3) is 5.91 Å². The number of halogens is 3. The van der Waals surface area contributed by atoms with Crippen molar-refractivity contribution in [3.63, 3.8) is 0 Å². The van der Waals surface area contributed by atoms with E-state index in [1.807, 2.05) is 62.4 Å². The predicted octanol–water partition coefficient (Wildman–Crippen LogP) is 8.73. The van der Waals surface area contributed by atoms with E-state index in [2.05, 4.69) is 31.5 Å². The molecule has 0 radical (unpaired) electrons. The van der Waals surface area contributed by atoms with Gasteiger partial charge < -0.3 is 20.4 Å². The van der Waals surface area contributed by atoms with Gasteiger partial charge in [-0.25, -0.2) is 8.78 Å². The molecule has 2 amide bonds. The van der Waals surface area contributed by atoms with E-state index in [1.54, 1.807) is 24.3 Å². The normalized spacial score (nSPS) is 11.6. The molecule has 9 heteroatoms. The van der Waals surface area contributed by atoms with Crippen LogP contribution in [0.2, 0.25) is 0 Å². The van der Waals surface area contributed by atoms with Crippen molar-refractivity contribution < 1.29 is 23.1 Å². The van der Waals surface area contributed by atoms with E-state index >= 15 is 0 Å².